The quantitative estimate of drug-likeness (QED) is 0.640. The van der Waals surface area contributed by atoms with Gasteiger partial charge in [0, 0.05) is 11.4 Å². The molecule has 0 radical (unpaired) electrons. The van der Waals surface area contributed by atoms with Crippen LogP contribution >= 0.6 is 12.6 Å². The summed E-state index contributed by atoms with van der Waals surface area (Å²) in [5.74, 6) is 0.250. The van der Waals surface area contributed by atoms with Gasteiger partial charge in [0.1, 0.15) is 0 Å². The molecule has 0 aliphatic carbocycles. The van der Waals surface area contributed by atoms with Crippen LogP contribution in [0.2, 0.25) is 0 Å². The molecule has 0 atom stereocenters. The topological polar surface area (TPSA) is 20.3 Å². The van der Waals surface area contributed by atoms with Crippen LogP contribution in [0.1, 0.15) is 17.5 Å². The molecule has 2 nitrogen and oxygen atoms in total. The van der Waals surface area contributed by atoms with Gasteiger partial charge in [-0.1, -0.05) is 0 Å². The number of hydrogen-bond acceptors (Lipinski definition) is 2. The number of carbonyl (C=O) groups excluding carboxylic acids is 1. The van der Waals surface area contributed by atoms with Gasteiger partial charge in [-0.2, -0.15) is 0 Å². The zero-order valence-corrected chi connectivity index (χ0v) is 8.68. The Hall–Kier alpha value is -0.960. The van der Waals surface area contributed by atoms with E-state index in [4.69, 9.17) is 0 Å². The molecule has 3 rings (SSSR count). The van der Waals surface area contributed by atoms with Gasteiger partial charge in [0.15, 0.2) is 0 Å². The third kappa shape index (κ3) is 1.02. The van der Waals surface area contributed by atoms with E-state index in [1.165, 1.54) is 11.3 Å². The van der Waals surface area contributed by atoms with Gasteiger partial charge >= 0.3 is 0 Å². The van der Waals surface area contributed by atoms with E-state index >= 15 is 0 Å². The van der Waals surface area contributed by atoms with Crippen molar-refractivity contribution in [2.45, 2.75) is 24.2 Å². The largest absolute Gasteiger partial charge is 0.312 e. The van der Waals surface area contributed by atoms with Crippen molar-refractivity contribution >= 4 is 24.2 Å². The minimum atomic E-state index is 0.250. The summed E-state index contributed by atoms with van der Waals surface area (Å²) in [7, 11) is 0. The van der Waals surface area contributed by atoms with Crippen molar-refractivity contribution in [2.24, 2.45) is 0 Å². The zero-order valence-electron chi connectivity index (χ0n) is 7.79. The molecular weight excluding hydrogens is 194 g/mol. The first-order valence-corrected chi connectivity index (χ1v) is 5.35. The Morgan fingerprint density at radius 2 is 2.07 bits per heavy atom. The summed E-state index contributed by atoms with van der Waals surface area (Å²) >= 11 is 4.36. The smallest absolute Gasteiger partial charge is 0.231 e. The fourth-order valence-electron chi connectivity index (χ4n) is 2.46. The van der Waals surface area contributed by atoms with Gasteiger partial charge in [-0.3, -0.25) is 4.79 Å². The van der Waals surface area contributed by atoms with E-state index in [1.54, 1.807) is 0 Å². The number of amides is 1. The number of carbonyl (C=O) groups is 1. The summed E-state index contributed by atoms with van der Waals surface area (Å²) in [6.07, 6.45) is 2.73. The molecule has 2 aliphatic heterocycles. The maximum atomic E-state index is 11.7. The molecule has 0 bridgehead atoms. The molecular formula is C11H11NOS. The normalized spacial score (nSPS) is 18.6. The molecule has 0 spiro atoms. The molecule has 14 heavy (non-hydrogen) atoms. The highest BCUT2D eigenvalue weighted by molar-refractivity contribution is 7.80. The first-order chi connectivity index (χ1) is 6.75. The number of thiol groups is 1. The van der Waals surface area contributed by atoms with Crippen LogP contribution in [-0.4, -0.2) is 12.5 Å². The van der Waals surface area contributed by atoms with E-state index in [1.807, 2.05) is 11.0 Å². The highest BCUT2D eigenvalue weighted by Crippen LogP contribution is 2.38. The predicted octanol–water partition coefficient (Wildman–Crippen LogP) is 1.81. The van der Waals surface area contributed by atoms with Crippen molar-refractivity contribution in [3.8, 4) is 0 Å². The molecule has 2 heterocycles. The second-order valence-corrected chi connectivity index (χ2v) is 4.45. The fraction of sp³-hybridized carbons (Fsp3) is 0.364. The Kier molecular flexibility index (Phi) is 1.65. The van der Waals surface area contributed by atoms with Crippen molar-refractivity contribution in [2.75, 3.05) is 11.4 Å². The molecule has 72 valence electrons. The Balaban J connectivity index is 2.26. The summed E-state index contributed by atoms with van der Waals surface area (Å²) in [6.45, 7) is 0.894. The van der Waals surface area contributed by atoms with Crippen molar-refractivity contribution in [1.82, 2.24) is 0 Å². The molecule has 3 heteroatoms. The molecule has 2 aliphatic rings. The second kappa shape index (κ2) is 2.76. The van der Waals surface area contributed by atoms with Crippen LogP contribution in [0.3, 0.4) is 0 Å². The van der Waals surface area contributed by atoms with Crippen molar-refractivity contribution in [3.05, 3.63) is 23.3 Å². The van der Waals surface area contributed by atoms with E-state index in [0.717, 1.165) is 29.8 Å². The van der Waals surface area contributed by atoms with Crippen LogP contribution < -0.4 is 4.90 Å². The third-order valence-corrected chi connectivity index (χ3v) is 3.25. The monoisotopic (exact) mass is 205 g/mol. The third-order valence-electron chi connectivity index (χ3n) is 2.99. The lowest BCUT2D eigenvalue weighted by Crippen LogP contribution is -2.31. The SMILES string of the molecule is O=C1Cc2cc(S)cc3c2N1CCC3. The molecule has 0 saturated heterocycles. The lowest BCUT2D eigenvalue weighted by atomic mass is 10.0. The highest BCUT2D eigenvalue weighted by Gasteiger charge is 2.31. The van der Waals surface area contributed by atoms with Crippen LogP contribution in [0.25, 0.3) is 0 Å². The lowest BCUT2D eigenvalue weighted by molar-refractivity contribution is -0.117. The van der Waals surface area contributed by atoms with Crippen molar-refractivity contribution in [1.29, 1.82) is 0 Å². The van der Waals surface area contributed by atoms with Gasteiger partial charge in [-0.25, -0.2) is 0 Å². The maximum absolute atomic E-state index is 11.7. The molecule has 0 saturated carbocycles. The first-order valence-electron chi connectivity index (χ1n) is 4.91. The summed E-state index contributed by atoms with van der Waals surface area (Å²) in [5.41, 5.74) is 3.64. The van der Waals surface area contributed by atoms with Gasteiger partial charge in [0.25, 0.3) is 0 Å². The minimum Gasteiger partial charge on any atom is -0.312 e. The van der Waals surface area contributed by atoms with E-state index in [0.29, 0.717) is 6.42 Å². The number of hydrogen-bond donors (Lipinski definition) is 1. The van der Waals surface area contributed by atoms with Gasteiger partial charge < -0.3 is 4.90 Å². The lowest BCUT2D eigenvalue weighted by Gasteiger charge is -2.25. The highest BCUT2D eigenvalue weighted by atomic mass is 32.1. The van der Waals surface area contributed by atoms with Crippen LogP contribution in [0, 0.1) is 0 Å². The van der Waals surface area contributed by atoms with Gasteiger partial charge in [-0.05, 0) is 36.1 Å². The summed E-state index contributed by atoms with van der Waals surface area (Å²) in [5, 5.41) is 0. The Bertz CT molecular complexity index is 428. The average molecular weight is 205 g/mol. The molecule has 1 amide bonds. The van der Waals surface area contributed by atoms with Crippen LogP contribution in [-0.2, 0) is 17.6 Å². The maximum Gasteiger partial charge on any atom is 0.231 e. The van der Waals surface area contributed by atoms with Crippen molar-refractivity contribution < 1.29 is 4.79 Å². The number of rotatable bonds is 0. The van der Waals surface area contributed by atoms with Gasteiger partial charge in [0.2, 0.25) is 5.91 Å². The number of aryl methyl sites for hydroxylation is 1. The van der Waals surface area contributed by atoms with Gasteiger partial charge in [-0.15, -0.1) is 12.6 Å². The molecule has 0 unspecified atom stereocenters. The molecule has 1 aromatic carbocycles. The van der Waals surface area contributed by atoms with Gasteiger partial charge in [0.05, 0.1) is 12.1 Å². The first kappa shape index (κ1) is 8.36. The number of nitrogens with zero attached hydrogens (tertiary/aromatic N) is 1. The summed E-state index contributed by atoms with van der Waals surface area (Å²) < 4.78 is 0. The van der Waals surface area contributed by atoms with Crippen LogP contribution in [0.15, 0.2) is 17.0 Å². The number of anilines is 1. The Morgan fingerprint density at radius 1 is 1.29 bits per heavy atom. The summed E-state index contributed by atoms with van der Waals surface area (Å²) in [4.78, 5) is 14.6. The zero-order chi connectivity index (χ0) is 9.71. The van der Waals surface area contributed by atoms with E-state index in [9.17, 15) is 4.79 Å². The fourth-order valence-corrected chi connectivity index (χ4v) is 2.77. The molecule has 0 aromatic heterocycles. The van der Waals surface area contributed by atoms with Crippen LogP contribution in [0.5, 0.6) is 0 Å². The minimum absolute atomic E-state index is 0.250. The van der Waals surface area contributed by atoms with Crippen LogP contribution in [0.4, 0.5) is 5.69 Å². The second-order valence-electron chi connectivity index (χ2n) is 3.94. The number of benzene rings is 1. The van der Waals surface area contributed by atoms with E-state index in [-0.39, 0.29) is 5.91 Å². The van der Waals surface area contributed by atoms with E-state index < -0.39 is 0 Å². The van der Waals surface area contributed by atoms with Crippen molar-refractivity contribution in [3.63, 3.8) is 0 Å². The molecule has 1 aromatic rings. The Labute approximate surface area is 88.3 Å². The molecule has 0 N–H and O–H groups in total. The summed E-state index contributed by atoms with van der Waals surface area (Å²) in [6, 6.07) is 4.11. The standard InChI is InChI=1S/C11H11NOS/c13-10-6-8-5-9(14)4-7-2-1-3-12(10)11(7)8/h4-5,14H,1-3,6H2. The Morgan fingerprint density at radius 3 is 2.93 bits per heavy atom. The predicted molar refractivity (Wildman–Crippen MR) is 58.1 cm³/mol. The van der Waals surface area contributed by atoms with E-state index in [2.05, 4.69) is 18.7 Å². The molecule has 0 fully saturated rings. The average Bonchev–Trinajstić information content (AvgIpc) is 2.45.